The number of morpholine rings is 1. The molecule has 0 bridgehead atoms. The monoisotopic (exact) mass is 406 g/mol. The number of hydrogen-bond acceptors (Lipinski definition) is 4. The van der Waals surface area contributed by atoms with Gasteiger partial charge in [-0.15, -0.1) is 0 Å². The van der Waals surface area contributed by atoms with Crippen molar-refractivity contribution in [1.29, 1.82) is 0 Å². The Kier molecular flexibility index (Phi) is 5.63. The van der Waals surface area contributed by atoms with Crippen molar-refractivity contribution in [3.63, 3.8) is 0 Å². The first kappa shape index (κ1) is 19.7. The number of ether oxygens (including phenoxy) is 2. The van der Waals surface area contributed by atoms with Crippen LogP contribution in [0.5, 0.6) is 0 Å². The Balaban J connectivity index is 1.64. The molecule has 4 rings (SSSR count). The second-order valence-corrected chi connectivity index (χ2v) is 8.51. The van der Waals surface area contributed by atoms with E-state index in [0.717, 1.165) is 25.7 Å². The molecule has 1 atom stereocenters. The maximum absolute atomic E-state index is 13.5. The lowest BCUT2D eigenvalue weighted by Gasteiger charge is -2.43. The molecular formula is C21H27ClN2O4. The number of hydrogen-bond donors (Lipinski definition) is 0. The fourth-order valence-electron chi connectivity index (χ4n) is 4.49. The lowest BCUT2D eigenvalue weighted by molar-refractivity contribution is -0.141. The van der Waals surface area contributed by atoms with Gasteiger partial charge in [0.25, 0.3) is 5.91 Å². The van der Waals surface area contributed by atoms with Crippen molar-refractivity contribution in [2.24, 2.45) is 5.92 Å². The minimum absolute atomic E-state index is 0.0406. The number of rotatable bonds is 2. The van der Waals surface area contributed by atoms with Crippen molar-refractivity contribution in [2.45, 2.75) is 44.4 Å². The minimum Gasteiger partial charge on any atom is -0.378 e. The highest BCUT2D eigenvalue weighted by atomic mass is 35.5. The molecule has 0 aromatic heterocycles. The maximum atomic E-state index is 13.5. The van der Waals surface area contributed by atoms with Crippen molar-refractivity contribution >= 4 is 23.4 Å². The number of carbonyl (C=O) groups excluding carboxylic acids is 2. The largest absolute Gasteiger partial charge is 0.378 e. The Bertz CT molecular complexity index is 724. The zero-order valence-electron chi connectivity index (χ0n) is 16.2. The first-order chi connectivity index (χ1) is 13.5. The van der Waals surface area contributed by atoms with Gasteiger partial charge in [-0.2, -0.15) is 0 Å². The van der Waals surface area contributed by atoms with Crippen molar-refractivity contribution in [1.82, 2.24) is 9.80 Å². The van der Waals surface area contributed by atoms with Crippen LogP contribution in [0.4, 0.5) is 0 Å². The van der Waals surface area contributed by atoms with Gasteiger partial charge in [-0.05, 0) is 55.9 Å². The van der Waals surface area contributed by atoms with Crippen molar-refractivity contribution in [2.75, 3.05) is 32.9 Å². The van der Waals surface area contributed by atoms with E-state index in [4.69, 9.17) is 21.1 Å². The van der Waals surface area contributed by atoms with Crippen LogP contribution in [0.2, 0.25) is 5.02 Å². The second-order valence-electron chi connectivity index (χ2n) is 8.08. The zero-order valence-corrected chi connectivity index (χ0v) is 17.0. The molecule has 1 spiro atoms. The molecule has 1 aromatic carbocycles. The van der Waals surface area contributed by atoms with E-state index in [1.807, 2.05) is 0 Å². The summed E-state index contributed by atoms with van der Waals surface area (Å²) >= 11 is 5.99. The Morgan fingerprint density at radius 1 is 1.11 bits per heavy atom. The Morgan fingerprint density at radius 3 is 2.39 bits per heavy atom. The summed E-state index contributed by atoms with van der Waals surface area (Å²) in [5.41, 5.74) is -0.150. The van der Waals surface area contributed by atoms with Gasteiger partial charge in [0.1, 0.15) is 11.8 Å². The van der Waals surface area contributed by atoms with Gasteiger partial charge < -0.3 is 14.4 Å². The molecule has 0 N–H and O–H groups in total. The van der Waals surface area contributed by atoms with Gasteiger partial charge in [0.15, 0.2) is 0 Å². The van der Waals surface area contributed by atoms with Crippen LogP contribution in [0.15, 0.2) is 24.3 Å². The van der Waals surface area contributed by atoms with Crippen LogP contribution in [0.3, 0.4) is 0 Å². The summed E-state index contributed by atoms with van der Waals surface area (Å²) in [5, 5.41) is 0.580. The average molecular weight is 407 g/mol. The molecule has 1 aliphatic carbocycles. The molecule has 3 aliphatic rings. The highest BCUT2D eigenvalue weighted by molar-refractivity contribution is 6.30. The molecule has 1 aromatic rings. The quantitative estimate of drug-likeness (QED) is 0.757. The van der Waals surface area contributed by atoms with E-state index in [-0.39, 0.29) is 18.4 Å². The summed E-state index contributed by atoms with van der Waals surface area (Å²) < 4.78 is 11.6. The zero-order chi connectivity index (χ0) is 19.7. The van der Waals surface area contributed by atoms with E-state index < -0.39 is 11.8 Å². The number of carbonyl (C=O) groups is 2. The van der Waals surface area contributed by atoms with Crippen molar-refractivity contribution < 1.29 is 19.1 Å². The third kappa shape index (κ3) is 3.65. The van der Waals surface area contributed by atoms with Crippen LogP contribution in [0, 0.1) is 5.92 Å². The molecule has 2 aliphatic heterocycles. The minimum atomic E-state index is -0.685. The molecule has 152 valence electrons. The summed E-state index contributed by atoms with van der Waals surface area (Å²) in [6, 6.07) is 6.27. The highest BCUT2D eigenvalue weighted by Gasteiger charge is 2.54. The maximum Gasteiger partial charge on any atom is 0.256 e. The third-order valence-electron chi connectivity index (χ3n) is 6.23. The van der Waals surface area contributed by atoms with Gasteiger partial charge in [0.2, 0.25) is 5.91 Å². The predicted octanol–water partition coefficient (Wildman–Crippen LogP) is 2.95. The fraction of sp³-hybridized carbons (Fsp3) is 0.619. The van der Waals surface area contributed by atoms with Crippen molar-refractivity contribution in [3.05, 3.63) is 34.9 Å². The van der Waals surface area contributed by atoms with E-state index in [9.17, 15) is 9.59 Å². The van der Waals surface area contributed by atoms with Gasteiger partial charge in [-0.25, -0.2) is 0 Å². The molecule has 0 radical (unpaired) electrons. The average Bonchev–Trinajstić information content (AvgIpc) is 3.09. The van der Waals surface area contributed by atoms with Gasteiger partial charge in [0.05, 0.1) is 19.8 Å². The first-order valence-electron chi connectivity index (χ1n) is 10.1. The number of benzene rings is 1. The van der Waals surface area contributed by atoms with Gasteiger partial charge >= 0.3 is 0 Å². The summed E-state index contributed by atoms with van der Waals surface area (Å²) in [6.07, 6.45) is 3.51. The third-order valence-corrected chi connectivity index (χ3v) is 6.49. The summed E-state index contributed by atoms with van der Waals surface area (Å²) in [5.74, 6) is 0.409. The molecule has 1 unspecified atom stereocenters. The highest BCUT2D eigenvalue weighted by Crippen LogP contribution is 2.43. The van der Waals surface area contributed by atoms with E-state index in [0.29, 0.717) is 42.8 Å². The number of amides is 2. The first-order valence-corrected chi connectivity index (χ1v) is 10.5. The van der Waals surface area contributed by atoms with Crippen LogP contribution in [-0.4, -0.2) is 66.3 Å². The molecule has 3 fully saturated rings. The molecule has 6 nitrogen and oxygen atoms in total. The standard InChI is InChI=1S/C21H27ClN2O4/c1-15-6-8-21(9-7-15)24(19(25)16-2-4-17(22)5-3-16)18(14-28-21)20(26)23-10-12-27-13-11-23/h2-5,15,18H,6-14H2,1H3. The van der Waals surface area contributed by atoms with E-state index >= 15 is 0 Å². The summed E-state index contributed by atoms with van der Waals surface area (Å²) in [6.45, 7) is 4.67. The molecule has 7 heteroatoms. The molecule has 28 heavy (non-hydrogen) atoms. The molecule has 2 saturated heterocycles. The lowest BCUT2D eigenvalue weighted by atomic mass is 9.83. The lowest BCUT2D eigenvalue weighted by Crippen LogP contribution is -2.58. The predicted molar refractivity (Wildman–Crippen MR) is 105 cm³/mol. The molecule has 1 saturated carbocycles. The molecule has 2 amide bonds. The van der Waals surface area contributed by atoms with Crippen LogP contribution in [0.1, 0.15) is 43.0 Å². The number of nitrogens with zero attached hydrogens (tertiary/aromatic N) is 2. The fourth-order valence-corrected chi connectivity index (χ4v) is 4.62. The van der Waals surface area contributed by atoms with Crippen LogP contribution >= 0.6 is 11.6 Å². The Hall–Kier alpha value is -1.63. The summed E-state index contributed by atoms with van der Waals surface area (Å²) in [4.78, 5) is 30.3. The summed E-state index contributed by atoms with van der Waals surface area (Å²) in [7, 11) is 0. The Labute approximate surface area is 170 Å². The van der Waals surface area contributed by atoms with E-state index in [2.05, 4.69) is 6.92 Å². The van der Waals surface area contributed by atoms with E-state index in [1.165, 1.54) is 0 Å². The molecular weight excluding hydrogens is 380 g/mol. The van der Waals surface area contributed by atoms with Gasteiger partial charge in [-0.1, -0.05) is 18.5 Å². The van der Waals surface area contributed by atoms with Gasteiger partial charge in [0, 0.05) is 23.7 Å². The van der Waals surface area contributed by atoms with E-state index in [1.54, 1.807) is 34.1 Å². The smallest absolute Gasteiger partial charge is 0.256 e. The van der Waals surface area contributed by atoms with Crippen LogP contribution in [-0.2, 0) is 14.3 Å². The normalized spacial score (nSPS) is 30.6. The SMILES string of the molecule is CC1CCC2(CC1)OCC(C(=O)N1CCOCC1)N2C(=O)c1ccc(Cl)cc1. The molecule has 2 heterocycles. The topological polar surface area (TPSA) is 59.1 Å². The van der Waals surface area contributed by atoms with Crippen molar-refractivity contribution in [3.8, 4) is 0 Å². The van der Waals surface area contributed by atoms with Gasteiger partial charge in [-0.3, -0.25) is 14.5 Å². The number of halogens is 1. The second kappa shape index (κ2) is 8.01. The Morgan fingerprint density at radius 2 is 1.75 bits per heavy atom. The van der Waals surface area contributed by atoms with Crippen LogP contribution < -0.4 is 0 Å². The van der Waals surface area contributed by atoms with Crippen LogP contribution in [0.25, 0.3) is 0 Å².